The van der Waals surface area contributed by atoms with Gasteiger partial charge in [0.05, 0.1) is 46.9 Å². The maximum Gasteiger partial charge on any atom is 0.254 e. The third-order valence-corrected chi connectivity index (χ3v) is 7.28. The van der Waals surface area contributed by atoms with E-state index >= 15 is 0 Å². The second kappa shape index (κ2) is 11.3. The fourth-order valence-electron chi connectivity index (χ4n) is 5.27. The van der Waals surface area contributed by atoms with Crippen LogP contribution < -0.4 is 33.7 Å². The Kier molecular flexibility index (Phi) is 7.59. The Morgan fingerprint density at radius 3 is 2.25 bits per heavy atom. The Morgan fingerprint density at radius 2 is 1.55 bits per heavy atom. The molecule has 0 fully saturated rings. The number of nitrogens with one attached hydrogen (secondary N) is 1. The van der Waals surface area contributed by atoms with E-state index in [2.05, 4.69) is 5.32 Å². The van der Waals surface area contributed by atoms with Gasteiger partial charge in [0, 0.05) is 12.6 Å². The van der Waals surface area contributed by atoms with Gasteiger partial charge in [-0.05, 0) is 47.5 Å². The maximum atomic E-state index is 14.0. The molecule has 3 atom stereocenters. The molecule has 2 aliphatic heterocycles. The van der Waals surface area contributed by atoms with Crippen molar-refractivity contribution >= 4 is 11.8 Å². The summed E-state index contributed by atoms with van der Waals surface area (Å²) in [5, 5.41) is 3.04. The molecule has 0 spiro atoms. The summed E-state index contributed by atoms with van der Waals surface area (Å²) in [6, 6.07) is 15.5. The zero-order valence-corrected chi connectivity index (χ0v) is 23.1. The molecule has 1 N–H and O–H groups in total. The number of ether oxygens (including phenoxy) is 6. The summed E-state index contributed by atoms with van der Waals surface area (Å²) < 4.78 is 33.8. The molecule has 0 saturated heterocycles. The molecule has 10 heteroatoms. The van der Waals surface area contributed by atoms with Crippen molar-refractivity contribution in [3.05, 3.63) is 71.3 Å². The molecule has 0 unspecified atom stereocenters. The summed E-state index contributed by atoms with van der Waals surface area (Å²) in [5.74, 6) is 1.83. The normalized spacial score (nSPS) is 19.4. The predicted molar refractivity (Wildman–Crippen MR) is 146 cm³/mol. The van der Waals surface area contributed by atoms with Crippen LogP contribution in [0.15, 0.2) is 54.6 Å². The number of amides is 2. The molecule has 0 bridgehead atoms. The second-order valence-corrected chi connectivity index (χ2v) is 9.49. The van der Waals surface area contributed by atoms with Gasteiger partial charge in [-0.15, -0.1) is 0 Å². The van der Waals surface area contributed by atoms with E-state index in [4.69, 9.17) is 28.4 Å². The smallest absolute Gasteiger partial charge is 0.254 e. The lowest BCUT2D eigenvalue weighted by molar-refractivity contribution is -0.124. The van der Waals surface area contributed by atoms with Crippen LogP contribution in [-0.4, -0.2) is 71.5 Å². The Labute approximate surface area is 232 Å². The number of benzene rings is 3. The van der Waals surface area contributed by atoms with Gasteiger partial charge >= 0.3 is 0 Å². The Hall–Kier alpha value is -4.60. The van der Waals surface area contributed by atoms with Crippen molar-refractivity contribution in [2.45, 2.75) is 18.1 Å². The Balaban J connectivity index is 1.52. The van der Waals surface area contributed by atoms with Gasteiger partial charge in [-0.1, -0.05) is 18.2 Å². The minimum atomic E-state index is -0.785. The van der Waals surface area contributed by atoms with E-state index in [1.54, 1.807) is 50.4 Å². The lowest BCUT2D eigenvalue weighted by atomic mass is 9.79. The average molecular weight is 549 g/mol. The van der Waals surface area contributed by atoms with Gasteiger partial charge < -0.3 is 38.6 Å². The molecular weight excluding hydrogens is 516 g/mol. The van der Waals surface area contributed by atoms with Crippen molar-refractivity contribution in [1.82, 2.24) is 10.2 Å². The van der Waals surface area contributed by atoms with E-state index in [9.17, 15) is 9.59 Å². The molecule has 5 rings (SSSR count). The van der Waals surface area contributed by atoms with Crippen molar-refractivity contribution in [1.29, 1.82) is 0 Å². The molecule has 0 aliphatic carbocycles. The average Bonchev–Trinajstić information content (AvgIpc) is 3.00. The van der Waals surface area contributed by atoms with Crippen molar-refractivity contribution < 1.29 is 38.0 Å². The zero-order chi connectivity index (χ0) is 28.4. The van der Waals surface area contributed by atoms with Gasteiger partial charge in [0.15, 0.2) is 34.5 Å². The van der Waals surface area contributed by atoms with Gasteiger partial charge in [-0.3, -0.25) is 9.59 Å². The number of hydrogen-bond acceptors (Lipinski definition) is 8. The number of carbonyl (C=O) groups excluding carboxylic acids is 2. The molecule has 3 aromatic rings. The van der Waals surface area contributed by atoms with Crippen LogP contribution in [0.2, 0.25) is 0 Å². The van der Waals surface area contributed by atoms with Crippen LogP contribution in [0, 0.1) is 0 Å². The number of methoxy groups -OCH3 is 4. The highest BCUT2D eigenvalue weighted by Gasteiger charge is 2.44. The number of fused-ring (bicyclic) bond motifs is 2. The first-order chi connectivity index (χ1) is 19.4. The minimum Gasteiger partial charge on any atom is -0.493 e. The molecule has 2 aliphatic rings. The van der Waals surface area contributed by atoms with Crippen LogP contribution in [0.3, 0.4) is 0 Å². The summed E-state index contributed by atoms with van der Waals surface area (Å²) in [5.41, 5.74) is 1.60. The highest BCUT2D eigenvalue weighted by atomic mass is 16.6. The van der Waals surface area contributed by atoms with Crippen LogP contribution in [0.4, 0.5) is 0 Å². The van der Waals surface area contributed by atoms with Gasteiger partial charge in [0.1, 0.15) is 12.7 Å². The number of carbonyl (C=O) groups is 2. The molecule has 210 valence electrons. The van der Waals surface area contributed by atoms with Gasteiger partial charge in [0.2, 0.25) is 5.91 Å². The van der Waals surface area contributed by atoms with E-state index in [0.29, 0.717) is 57.8 Å². The molecule has 0 aromatic heterocycles. The minimum absolute atomic E-state index is 0.211. The number of nitrogens with zero attached hydrogens (tertiary/aromatic N) is 1. The van der Waals surface area contributed by atoms with Gasteiger partial charge in [0.25, 0.3) is 5.91 Å². The topological polar surface area (TPSA) is 105 Å². The SMILES string of the molecule is COc1ccc([C@@H]2[C@@H](C(=O)NC[C@H]3COc4ccccc4O3)c3cc(OC)c(OC)cc3C(=O)N2C)cc1OC. The Morgan fingerprint density at radius 1 is 0.900 bits per heavy atom. The molecule has 10 nitrogen and oxygen atoms in total. The van der Waals surface area contributed by atoms with E-state index in [-0.39, 0.29) is 24.5 Å². The largest absolute Gasteiger partial charge is 0.493 e. The van der Waals surface area contributed by atoms with Crippen molar-refractivity contribution in [2.75, 3.05) is 48.6 Å². The summed E-state index contributed by atoms with van der Waals surface area (Å²) in [4.78, 5) is 29.3. The molecular formula is C30H32N2O8. The van der Waals surface area contributed by atoms with E-state index in [1.807, 2.05) is 30.3 Å². The first kappa shape index (κ1) is 27.0. The second-order valence-electron chi connectivity index (χ2n) is 9.49. The van der Waals surface area contributed by atoms with Crippen LogP contribution in [0.25, 0.3) is 0 Å². The standard InChI is InChI=1S/C30H32N2O8/c1-32-28(17-10-11-21(35-2)24(12-17)36-3)27(19-13-25(37-4)26(38-5)14-20(19)30(32)34)29(33)31-15-18-16-39-22-8-6-7-9-23(22)40-18/h6-14,18,27-28H,15-16H2,1-5H3,(H,31,33)/t18-,27-,28+/m0/s1. The van der Waals surface area contributed by atoms with Crippen molar-refractivity contribution in [2.24, 2.45) is 0 Å². The van der Waals surface area contributed by atoms with Crippen LogP contribution in [-0.2, 0) is 4.79 Å². The lowest BCUT2D eigenvalue weighted by Gasteiger charge is -2.40. The van der Waals surface area contributed by atoms with Gasteiger partial charge in [-0.2, -0.15) is 0 Å². The molecule has 3 aromatic carbocycles. The molecule has 2 heterocycles. The first-order valence-corrected chi connectivity index (χ1v) is 12.8. The lowest BCUT2D eigenvalue weighted by Crippen LogP contribution is -2.48. The van der Waals surface area contributed by atoms with Crippen LogP contribution in [0.5, 0.6) is 34.5 Å². The number of hydrogen-bond donors (Lipinski definition) is 1. The third kappa shape index (κ3) is 4.81. The quantitative estimate of drug-likeness (QED) is 0.456. The van der Waals surface area contributed by atoms with Crippen molar-refractivity contribution in [3.8, 4) is 34.5 Å². The summed E-state index contributed by atoms with van der Waals surface area (Å²) in [7, 11) is 7.79. The van der Waals surface area contributed by atoms with Gasteiger partial charge in [-0.25, -0.2) is 0 Å². The van der Waals surface area contributed by atoms with Crippen LogP contribution in [0.1, 0.15) is 33.4 Å². The summed E-state index contributed by atoms with van der Waals surface area (Å²) in [6.07, 6.45) is -0.383. The number of para-hydroxylation sites is 2. The highest BCUT2D eigenvalue weighted by Crippen LogP contribution is 2.47. The number of rotatable bonds is 8. The highest BCUT2D eigenvalue weighted by molar-refractivity contribution is 6.02. The first-order valence-electron chi connectivity index (χ1n) is 12.8. The molecule has 0 saturated carbocycles. The molecule has 2 amide bonds. The summed E-state index contributed by atoms with van der Waals surface area (Å²) in [6.45, 7) is 0.504. The maximum absolute atomic E-state index is 14.0. The Bertz CT molecular complexity index is 1420. The molecule has 40 heavy (non-hydrogen) atoms. The zero-order valence-electron chi connectivity index (χ0n) is 23.1. The van der Waals surface area contributed by atoms with E-state index < -0.39 is 12.0 Å². The van der Waals surface area contributed by atoms with Crippen LogP contribution >= 0.6 is 0 Å². The van der Waals surface area contributed by atoms with E-state index in [1.165, 1.54) is 14.2 Å². The number of likely N-dealkylation sites (N-methyl/N-ethyl adjacent to an activating group) is 1. The monoisotopic (exact) mass is 548 g/mol. The summed E-state index contributed by atoms with van der Waals surface area (Å²) >= 11 is 0. The van der Waals surface area contributed by atoms with Crippen molar-refractivity contribution in [3.63, 3.8) is 0 Å². The third-order valence-electron chi connectivity index (χ3n) is 7.28. The molecule has 0 radical (unpaired) electrons. The fourth-order valence-corrected chi connectivity index (χ4v) is 5.27. The fraction of sp³-hybridized carbons (Fsp3) is 0.333. The van der Waals surface area contributed by atoms with E-state index in [0.717, 1.165) is 0 Å². The predicted octanol–water partition coefficient (Wildman–Crippen LogP) is 3.59.